The van der Waals surface area contributed by atoms with Gasteiger partial charge >= 0.3 is 5.97 Å². The molecule has 0 aromatic heterocycles. The van der Waals surface area contributed by atoms with E-state index in [0.29, 0.717) is 12.9 Å². The Kier molecular flexibility index (Phi) is 3.06. The molecule has 0 N–H and O–H groups in total. The van der Waals surface area contributed by atoms with E-state index in [4.69, 9.17) is 0 Å². The van der Waals surface area contributed by atoms with Crippen molar-refractivity contribution >= 4 is 12.3 Å². The van der Waals surface area contributed by atoms with Crippen LogP contribution in [0.3, 0.4) is 0 Å². The normalized spacial score (nSPS) is 10.7. The lowest BCUT2D eigenvalue weighted by Gasteiger charge is -2.13. The molecule has 0 bridgehead atoms. The Balaban J connectivity index is 4.04. The van der Waals surface area contributed by atoms with Crippen LogP contribution in [-0.2, 0) is 14.3 Å². The molecule has 10 heavy (non-hydrogen) atoms. The smallest absolute Gasteiger partial charge is 0.318 e. The van der Waals surface area contributed by atoms with Gasteiger partial charge < -0.3 is 9.53 Å². The van der Waals surface area contributed by atoms with E-state index < -0.39 is 11.4 Å². The highest BCUT2D eigenvalue weighted by Gasteiger charge is 2.27. The summed E-state index contributed by atoms with van der Waals surface area (Å²) in [5.74, 6) is -0.468. The summed E-state index contributed by atoms with van der Waals surface area (Å²) >= 11 is 0. The van der Waals surface area contributed by atoms with E-state index in [2.05, 4.69) is 4.74 Å². The van der Waals surface area contributed by atoms with Crippen molar-refractivity contribution in [1.82, 2.24) is 0 Å². The molecule has 0 amide bonds. The Morgan fingerprint density at radius 3 is 2.40 bits per heavy atom. The fourth-order valence-corrected chi connectivity index (χ4v) is 0.365. The number of hydrogen-bond donors (Lipinski definition) is 0. The number of aldehydes is 1. The van der Waals surface area contributed by atoms with Crippen LogP contribution >= 0.6 is 0 Å². The first-order chi connectivity index (χ1) is 4.54. The Morgan fingerprint density at radius 2 is 2.10 bits per heavy atom. The third-order valence-electron chi connectivity index (χ3n) is 1.10. The van der Waals surface area contributed by atoms with Crippen LogP contribution in [-0.4, -0.2) is 18.9 Å². The van der Waals surface area contributed by atoms with E-state index >= 15 is 0 Å². The van der Waals surface area contributed by atoms with Crippen molar-refractivity contribution in [2.75, 3.05) is 6.61 Å². The molecule has 0 fully saturated rings. The lowest BCUT2D eigenvalue weighted by molar-refractivity contribution is -0.154. The van der Waals surface area contributed by atoms with Crippen LogP contribution in [0.15, 0.2) is 0 Å². The second kappa shape index (κ2) is 3.34. The third kappa shape index (κ3) is 2.17. The van der Waals surface area contributed by atoms with Gasteiger partial charge in [-0.2, -0.15) is 0 Å². The molecule has 0 saturated heterocycles. The van der Waals surface area contributed by atoms with Crippen molar-refractivity contribution in [3.05, 3.63) is 0 Å². The summed E-state index contributed by atoms with van der Waals surface area (Å²) in [7, 11) is 0. The molecule has 0 radical (unpaired) electrons. The van der Waals surface area contributed by atoms with E-state index in [-0.39, 0.29) is 0 Å². The first-order valence-electron chi connectivity index (χ1n) is 3.18. The molecular weight excluding hydrogens is 132 g/mol. The SMILES string of the molecule is CCOC(=O)C(C)(C)C=O. The number of ether oxygens (including phenoxy) is 1. The van der Waals surface area contributed by atoms with E-state index in [0.717, 1.165) is 0 Å². The number of carbonyl (C=O) groups is 2. The minimum Gasteiger partial charge on any atom is -0.465 e. The van der Waals surface area contributed by atoms with Gasteiger partial charge in [-0.3, -0.25) is 4.79 Å². The maximum atomic E-state index is 10.8. The first kappa shape index (κ1) is 9.14. The van der Waals surface area contributed by atoms with Crippen LogP contribution in [0.4, 0.5) is 0 Å². The van der Waals surface area contributed by atoms with E-state index in [1.807, 2.05) is 0 Å². The second-order valence-corrected chi connectivity index (χ2v) is 2.56. The zero-order valence-corrected chi connectivity index (χ0v) is 6.51. The van der Waals surface area contributed by atoms with Crippen LogP contribution in [0.25, 0.3) is 0 Å². The zero-order chi connectivity index (χ0) is 8.20. The summed E-state index contributed by atoms with van der Waals surface area (Å²) in [6, 6.07) is 0. The van der Waals surface area contributed by atoms with Crippen LogP contribution in [0.5, 0.6) is 0 Å². The van der Waals surface area contributed by atoms with E-state index in [1.165, 1.54) is 13.8 Å². The molecule has 0 rings (SSSR count). The molecule has 3 heteroatoms. The Labute approximate surface area is 60.4 Å². The average molecular weight is 144 g/mol. The van der Waals surface area contributed by atoms with Crippen molar-refractivity contribution < 1.29 is 14.3 Å². The fraction of sp³-hybridized carbons (Fsp3) is 0.714. The maximum Gasteiger partial charge on any atom is 0.318 e. The van der Waals surface area contributed by atoms with Gasteiger partial charge in [0.15, 0.2) is 0 Å². The van der Waals surface area contributed by atoms with Gasteiger partial charge in [-0.15, -0.1) is 0 Å². The molecule has 0 aliphatic carbocycles. The number of carbonyl (C=O) groups excluding carboxylic acids is 2. The molecule has 3 nitrogen and oxygen atoms in total. The molecule has 0 heterocycles. The van der Waals surface area contributed by atoms with Crippen LogP contribution < -0.4 is 0 Å². The summed E-state index contributed by atoms with van der Waals surface area (Å²) in [4.78, 5) is 21.1. The predicted octanol–water partition coefficient (Wildman–Crippen LogP) is 0.775. The van der Waals surface area contributed by atoms with E-state index in [1.54, 1.807) is 6.92 Å². The highest BCUT2D eigenvalue weighted by atomic mass is 16.5. The lowest BCUT2D eigenvalue weighted by Crippen LogP contribution is -2.27. The molecule has 0 aliphatic rings. The predicted molar refractivity (Wildman–Crippen MR) is 36.5 cm³/mol. The zero-order valence-electron chi connectivity index (χ0n) is 6.51. The summed E-state index contributed by atoms with van der Waals surface area (Å²) in [6.45, 7) is 5.07. The van der Waals surface area contributed by atoms with Gasteiger partial charge in [-0.05, 0) is 20.8 Å². The van der Waals surface area contributed by atoms with Gasteiger partial charge in [0.25, 0.3) is 0 Å². The average Bonchev–Trinajstić information content (AvgIpc) is 1.89. The molecule has 0 spiro atoms. The first-order valence-corrected chi connectivity index (χ1v) is 3.18. The third-order valence-corrected chi connectivity index (χ3v) is 1.10. The summed E-state index contributed by atoms with van der Waals surface area (Å²) < 4.78 is 4.63. The van der Waals surface area contributed by atoms with Gasteiger partial charge in [0, 0.05) is 0 Å². The summed E-state index contributed by atoms with van der Waals surface area (Å²) in [6.07, 6.45) is 0.588. The van der Waals surface area contributed by atoms with Crippen LogP contribution in [0.2, 0.25) is 0 Å². The monoisotopic (exact) mass is 144 g/mol. The number of hydrogen-bond acceptors (Lipinski definition) is 3. The van der Waals surface area contributed by atoms with Crippen molar-refractivity contribution in [3.63, 3.8) is 0 Å². The van der Waals surface area contributed by atoms with Crippen LogP contribution in [0.1, 0.15) is 20.8 Å². The van der Waals surface area contributed by atoms with Gasteiger partial charge in [0.1, 0.15) is 11.7 Å². The molecule has 0 aromatic carbocycles. The highest BCUT2D eigenvalue weighted by Crippen LogP contribution is 2.12. The van der Waals surface area contributed by atoms with E-state index in [9.17, 15) is 9.59 Å². The number of rotatable bonds is 3. The minimum atomic E-state index is -0.990. The summed E-state index contributed by atoms with van der Waals surface area (Å²) in [5, 5.41) is 0. The fourth-order valence-electron chi connectivity index (χ4n) is 0.365. The molecule has 0 aromatic rings. The van der Waals surface area contributed by atoms with Gasteiger partial charge in [-0.25, -0.2) is 0 Å². The minimum absolute atomic E-state index is 0.316. The summed E-state index contributed by atoms with van der Waals surface area (Å²) in [5.41, 5.74) is -0.990. The molecular formula is C7H12O3. The van der Waals surface area contributed by atoms with Gasteiger partial charge in [0.05, 0.1) is 6.61 Å². The van der Waals surface area contributed by atoms with Crippen molar-refractivity contribution in [3.8, 4) is 0 Å². The lowest BCUT2D eigenvalue weighted by atomic mass is 9.96. The topological polar surface area (TPSA) is 43.4 Å². The Bertz CT molecular complexity index is 138. The van der Waals surface area contributed by atoms with Gasteiger partial charge in [0.2, 0.25) is 0 Å². The Hall–Kier alpha value is -0.860. The maximum absolute atomic E-state index is 10.8. The van der Waals surface area contributed by atoms with Crippen LogP contribution in [0, 0.1) is 5.41 Å². The Morgan fingerprint density at radius 1 is 1.60 bits per heavy atom. The second-order valence-electron chi connectivity index (χ2n) is 2.56. The molecule has 0 saturated carbocycles. The van der Waals surface area contributed by atoms with Gasteiger partial charge in [-0.1, -0.05) is 0 Å². The van der Waals surface area contributed by atoms with Crippen molar-refractivity contribution in [1.29, 1.82) is 0 Å². The van der Waals surface area contributed by atoms with Crippen molar-refractivity contribution in [2.24, 2.45) is 5.41 Å². The molecule has 0 atom stereocenters. The quantitative estimate of drug-likeness (QED) is 0.334. The molecule has 0 aliphatic heterocycles. The van der Waals surface area contributed by atoms with Crippen molar-refractivity contribution in [2.45, 2.75) is 20.8 Å². The standard InChI is InChI=1S/C7H12O3/c1-4-10-6(9)7(2,3)5-8/h5H,4H2,1-3H3. The number of esters is 1. The molecule has 0 unspecified atom stereocenters. The highest BCUT2D eigenvalue weighted by molar-refractivity contribution is 5.91. The molecule has 58 valence electrons. The largest absolute Gasteiger partial charge is 0.465 e.